The molecular formula is C27H32FN5O3. The monoisotopic (exact) mass is 493 g/mol. The number of aromatic nitrogens is 2. The van der Waals surface area contributed by atoms with E-state index in [4.69, 9.17) is 4.74 Å². The number of aryl methyl sites for hydroxylation is 2. The molecule has 1 aromatic heterocycles. The third kappa shape index (κ3) is 6.69. The molecule has 3 aromatic rings. The maximum Gasteiger partial charge on any atom is 0.239 e. The highest BCUT2D eigenvalue weighted by Gasteiger charge is 2.21. The van der Waals surface area contributed by atoms with Gasteiger partial charge in [0.15, 0.2) is 0 Å². The van der Waals surface area contributed by atoms with Crippen LogP contribution in [-0.4, -0.2) is 71.2 Å². The number of ether oxygens (including phenoxy) is 1. The van der Waals surface area contributed by atoms with Gasteiger partial charge in [-0.25, -0.2) is 9.07 Å². The SMILES string of the molecule is COc1ccc(CCC(=O)N2CCCN(CC(=O)Nc3cc(C)nn3-c3ccc(F)cc3)CC2)cc1. The second-order valence-corrected chi connectivity index (χ2v) is 8.97. The molecule has 0 atom stereocenters. The summed E-state index contributed by atoms with van der Waals surface area (Å²) in [6.45, 7) is 4.73. The Hall–Kier alpha value is -3.72. The van der Waals surface area contributed by atoms with E-state index in [0.717, 1.165) is 30.0 Å². The van der Waals surface area contributed by atoms with Gasteiger partial charge in [-0.2, -0.15) is 5.10 Å². The van der Waals surface area contributed by atoms with Crippen LogP contribution in [0, 0.1) is 12.7 Å². The normalized spacial score (nSPS) is 14.4. The Morgan fingerprint density at radius 2 is 1.78 bits per heavy atom. The van der Waals surface area contributed by atoms with Gasteiger partial charge < -0.3 is 15.0 Å². The maximum atomic E-state index is 13.3. The number of halogens is 1. The third-order valence-electron chi connectivity index (χ3n) is 6.27. The van der Waals surface area contributed by atoms with Gasteiger partial charge in [-0.05, 0) is 61.7 Å². The van der Waals surface area contributed by atoms with Crippen molar-refractivity contribution < 1.29 is 18.7 Å². The van der Waals surface area contributed by atoms with Gasteiger partial charge in [0.05, 0.1) is 25.0 Å². The van der Waals surface area contributed by atoms with Gasteiger partial charge >= 0.3 is 0 Å². The van der Waals surface area contributed by atoms with Gasteiger partial charge in [-0.1, -0.05) is 12.1 Å². The number of benzene rings is 2. The molecule has 0 aliphatic carbocycles. The van der Waals surface area contributed by atoms with E-state index in [1.54, 1.807) is 30.0 Å². The van der Waals surface area contributed by atoms with E-state index in [1.165, 1.54) is 12.1 Å². The number of rotatable bonds is 8. The Labute approximate surface area is 210 Å². The molecule has 1 saturated heterocycles. The lowest BCUT2D eigenvalue weighted by Crippen LogP contribution is -2.38. The molecule has 4 rings (SSSR count). The summed E-state index contributed by atoms with van der Waals surface area (Å²) in [6.07, 6.45) is 1.96. The molecule has 1 N–H and O–H groups in total. The van der Waals surface area contributed by atoms with E-state index in [9.17, 15) is 14.0 Å². The number of methoxy groups -OCH3 is 1. The number of amides is 2. The number of hydrogen-bond acceptors (Lipinski definition) is 5. The van der Waals surface area contributed by atoms with Gasteiger partial charge in [0.1, 0.15) is 17.4 Å². The second-order valence-electron chi connectivity index (χ2n) is 8.97. The fraction of sp³-hybridized carbons (Fsp3) is 0.370. The average molecular weight is 494 g/mol. The predicted molar refractivity (Wildman–Crippen MR) is 136 cm³/mol. The fourth-order valence-corrected chi connectivity index (χ4v) is 4.33. The van der Waals surface area contributed by atoms with Crippen LogP contribution in [0.1, 0.15) is 24.1 Å². The van der Waals surface area contributed by atoms with Crippen molar-refractivity contribution in [2.24, 2.45) is 0 Å². The van der Waals surface area contributed by atoms with Crippen molar-refractivity contribution in [3.8, 4) is 11.4 Å². The van der Waals surface area contributed by atoms with Crippen molar-refractivity contribution >= 4 is 17.6 Å². The van der Waals surface area contributed by atoms with Crippen molar-refractivity contribution in [2.45, 2.75) is 26.2 Å². The number of carbonyl (C=O) groups excluding carboxylic acids is 2. The molecule has 0 saturated carbocycles. The van der Waals surface area contributed by atoms with Crippen LogP contribution in [0.25, 0.3) is 5.69 Å². The molecular weight excluding hydrogens is 461 g/mol. The third-order valence-corrected chi connectivity index (χ3v) is 6.27. The van der Waals surface area contributed by atoms with Gasteiger partial charge in [-0.15, -0.1) is 0 Å². The summed E-state index contributed by atoms with van der Waals surface area (Å²) in [5, 5.41) is 7.35. The summed E-state index contributed by atoms with van der Waals surface area (Å²) in [4.78, 5) is 29.6. The van der Waals surface area contributed by atoms with E-state index in [1.807, 2.05) is 36.1 Å². The van der Waals surface area contributed by atoms with Crippen LogP contribution in [0.5, 0.6) is 5.75 Å². The summed E-state index contributed by atoms with van der Waals surface area (Å²) in [6, 6.07) is 15.5. The minimum atomic E-state index is -0.331. The Balaban J connectivity index is 1.27. The number of nitrogens with zero attached hydrogens (tertiary/aromatic N) is 4. The number of anilines is 1. The molecule has 8 nitrogen and oxygen atoms in total. The number of carbonyl (C=O) groups is 2. The molecule has 36 heavy (non-hydrogen) atoms. The molecule has 1 fully saturated rings. The molecule has 2 heterocycles. The zero-order valence-corrected chi connectivity index (χ0v) is 20.7. The fourth-order valence-electron chi connectivity index (χ4n) is 4.33. The van der Waals surface area contributed by atoms with E-state index in [-0.39, 0.29) is 24.2 Å². The van der Waals surface area contributed by atoms with Crippen molar-refractivity contribution in [3.05, 3.63) is 71.7 Å². The van der Waals surface area contributed by atoms with Gasteiger partial charge in [-0.3, -0.25) is 14.5 Å². The van der Waals surface area contributed by atoms with Crippen LogP contribution >= 0.6 is 0 Å². The lowest BCUT2D eigenvalue weighted by molar-refractivity contribution is -0.131. The van der Waals surface area contributed by atoms with Crippen molar-refractivity contribution in [2.75, 3.05) is 45.2 Å². The first-order valence-corrected chi connectivity index (χ1v) is 12.2. The van der Waals surface area contributed by atoms with Crippen LogP contribution in [0.3, 0.4) is 0 Å². The molecule has 2 aromatic carbocycles. The predicted octanol–water partition coefficient (Wildman–Crippen LogP) is 3.43. The molecule has 0 spiro atoms. The minimum absolute atomic E-state index is 0.135. The first-order chi connectivity index (χ1) is 17.4. The Morgan fingerprint density at radius 1 is 1.03 bits per heavy atom. The summed E-state index contributed by atoms with van der Waals surface area (Å²) in [7, 11) is 1.63. The molecule has 9 heteroatoms. The molecule has 0 bridgehead atoms. The highest BCUT2D eigenvalue weighted by molar-refractivity contribution is 5.91. The summed E-state index contributed by atoms with van der Waals surface area (Å²) < 4.78 is 20.1. The largest absolute Gasteiger partial charge is 0.497 e. The lowest BCUT2D eigenvalue weighted by atomic mass is 10.1. The van der Waals surface area contributed by atoms with E-state index >= 15 is 0 Å². The standard InChI is InChI=1S/C27H32FN5O3/c1-20-18-25(33(30-20)23-9-7-22(28)8-10-23)29-26(34)19-31-14-3-15-32(17-16-31)27(35)13-6-21-4-11-24(36-2)12-5-21/h4-5,7-12,18H,3,6,13-17,19H2,1-2H3,(H,29,34). The van der Waals surface area contributed by atoms with Gasteiger partial charge in [0.2, 0.25) is 11.8 Å². The molecule has 0 radical (unpaired) electrons. The topological polar surface area (TPSA) is 79.7 Å². The first kappa shape index (κ1) is 25.4. The Bertz CT molecular complexity index is 1180. The highest BCUT2D eigenvalue weighted by atomic mass is 19.1. The smallest absolute Gasteiger partial charge is 0.239 e. The molecule has 0 unspecified atom stereocenters. The number of hydrogen-bond donors (Lipinski definition) is 1. The van der Waals surface area contributed by atoms with Crippen LogP contribution in [0.4, 0.5) is 10.2 Å². The maximum absolute atomic E-state index is 13.3. The highest BCUT2D eigenvalue weighted by Crippen LogP contribution is 2.18. The van der Waals surface area contributed by atoms with E-state index in [0.29, 0.717) is 44.0 Å². The van der Waals surface area contributed by atoms with Crippen LogP contribution in [-0.2, 0) is 16.0 Å². The second kappa shape index (κ2) is 11.8. The zero-order chi connectivity index (χ0) is 25.5. The van der Waals surface area contributed by atoms with Crippen molar-refractivity contribution in [1.82, 2.24) is 19.6 Å². The van der Waals surface area contributed by atoms with Gasteiger partial charge in [0.25, 0.3) is 0 Å². The lowest BCUT2D eigenvalue weighted by Gasteiger charge is -2.22. The first-order valence-electron chi connectivity index (χ1n) is 12.2. The van der Waals surface area contributed by atoms with Crippen LogP contribution < -0.4 is 10.1 Å². The molecule has 2 amide bonds. The Kier molecular flexibility index (Phi) is 8.32. The van der Waals surface area contributed by atoms with Crippen LogP contribution in [0.2, 0.25) is 0 Å². The minimum Gasteiger partial charge on any atom is -0.497 e. The van der Waals surface area contributed by atoms with E-state index in [2.05, 4.69) is 15.3 Å². The number of nitrogens with one attached hydrogen (secondary N) is 1. The summed E-state index contributed by atoms with van der Waals surface area (Å²) >= 11 is 0. The Morgan fingerprint density at radius 3 is 2.50 bits per heavy atom. The van der Waals surface area contributed by atoms with Gasteiger partial charge in [0, 0.05) is 38.7 Å². The van der Waals surface area contributed by atoms with E-state index < -0.39 is 0 Å². The average Bonchev–Trinajstić information content (AvgIpc) is 3.08. The van der Waals surface area contributed by atoms with Crippen molar-refractivity contribution in [3.63, 3.8) is 0 Å². The quantitative estimate of drug-likeness (QED) is 0.520. The summed E-state index contributed by atoms with van der Waals surface area (Å²) in [5.74, 6) is 0.988. The van der Waals surface area contributed by atoms with Crippen LogP contribution in [0.15, 0.2) is 54.6 Å². The molecule has 1 aliphatic heterocycles. The van der Waals surface area contributed by atoms with Crippen molar-refractivity contribution in [1.29, 1.82) is 0 Å². The summed E-state index contributed by atoms with van der Waals surface area (Å²) in [5.41, 5.74) is 2.51. The molecule has 190 valence electrons. The molecule has 1 aliphatic rings. The zero-order valence-electron chi connectivity index (χ0n) is 20.7.